The van der Waals surface area contributed by atoms with Gasteiger partial charge in [-0.15, -0.1) is 11.6 Å². The molecule has 1 aromatic rings. The molecule has 0 amide bonds. The van der Waals surface area contributed by atoms with Crippen LogP contribution < -0.4 is 0 Å². The molecule has 0 aromatic heterocycles. The van der Waals surface area contributed by atoms with E-state index in [2.05, 4.69) is 38.1 Å². The van der Waals surface area contributed by atoms with Gasteiger partial charge < -0.3 is 0 Å². The van der Waals surface area contributed by atoms with E-state index < -0.39 is 0 Å². The fourth-order valence-electron chi connectivity index (χ4n) is 1.73. The third-order valence-corrected chi connectivity index (χ3v) is 3.16. The van der Waals surface area contributed by atoms with Crippen molar-refractivity contribution in [2.45, 2.75) is 51.3 Å². The van der Waals surface area contributed by atoms with E-state index in [1.54, 1.807) is 0 Å². The third-order valence-electron chi connectivity index (χ3n) is 2.69. The Morgan fingerprint density at radius 1 is 1.07 bits per heavy atom. The Hall–Kier alpha value is -0.490. The molecule has 0 aliphatic rings. The molecule has 0 aliphatic carbocycles. The third kappa shape index (κ3) is 4.25. The number of aryl methyl sites for hydroxylation is 1. The summed E-state index contributed by atoms with van der Waals surface area (Å²) in [6.07, 6.45) is 5.90. The maximum Gasteiger partial charge on any atom is 0.0585 e. The zero-order valence-electron chi connectivity index (χ0n) is 9.80. The van der Waals surface area contributed by atoms with Crippen LogP contribution in [-0.2, 0) is 6.42 Å². The van der Waals surface area contributed by atoms with E-state index in [0.717, 1.165) is 6.42 Å². The number of hydrogen-bond acceptors (Lipinski definition) is 0. The van der Waals surface area contributed by atoms with Gasteiger partial charge in [0, 0.05) is 0 Å². The summed E-state index contributed by atoms with van der Waals surface area (Å²) in [5, 5.41) is 0.195. The first kappa shape index (κ1) is 12.6. The van der Waals surface area contributed by atoms with Gasteiger partial charge in [0.25, 0.3) is 0 Å². The van der Waals surface area contributed by atoms with Gasteiger partial charge in [-0.3, -0.25) is 0 Å². The standard InChI is InChI=1S/C14H21Cl/c1-3-5-7-14(15)13-10-8-12(6-4-2)9-11-13/h8-11,14H,3-7H2,1-2H3. The van der Waals surface area contributed by atoms with E-state index in [0.29, 0.717) is 0 Å². The maximum absolute atomic E-state index is 6.31. The van der Waals surface area contributed by atoms with Crippen LogP contribution in [0, 0.1) is 0 Å². The summed E-state index contributed by atoms with van der Waals surface area (Å²) in [5.41, 5.74) is 2.69. The van der Waals surface area contributed by atoms with Crippen LogP contribution >= 0.6 is 11.6 Å². The molecular weight excluding hydrogens is 204 g/mol. The first-order valence-corrected chi connectivity index (χ1v) is 6.44. The quantitative estimate of drug-likeness (QED) is 0.589. The van der Waals surface area contributed by atoms with Crippen LogP contribution in [0.5, 0.6) is 0 Å². The summed E-state index contributed by atoms with van der Waals surface area (Å²) in [6, 6.07) is 8.77. The Morgan fingerprint density at radius 2 is 1.73 bits per heavy atom. The van der Waals surface area contributed by atoms with Crippen molar-refractivity contribution in [2.75, 3.05) is 0 Å². The Labute approximate surface area is 98.7 Å². The Bertz CT molecular complexity index is 263. The molecule has 84 valence electrons. The first-order valence-electron chi connectivity index (χ1n) is 6.00. The Balaban J connectivity index is 2.54. The minimum atomic E-state index is 0.195. The average Bonchev–Trinajstić information content (AvgIpc) is 2.27. The molecule has 1 atom stereocenters. The van der Waals surface area contributed by atoms with Crippen LogP contribution in [0.25, 0.3) is 0 Å². The Morgan fingerprint density at radius 3 is 2.27 bits per heavy atom. The number of unbranched alkanes of at least 4 members (excludes halogenated alkanes) is 1. The fourth-order valence-corrected chi connectivity index (χ4v) is 2.03. The second-order valence-corrected chi connectivity index (χ2v) is 4.63. The van der Waals surface area contributed by atoms with Gasteiger partial charge in [0.15, 0.2) is 0 Å². The van der Waals surface area contributed by atoms with Gasteiger partial charge in [0.05, 0.1) is 5.38 Å². The molecule has 1 unspecified atom stereocenters. The summed E-state index contributed by atoms with van der Waals surface area (Å²) in [6.45, 7) is 4.41. The van der Waals surface area contributed by atoms with Crippen LogP contribution in [0.4, 0.5) is 0 Å². The topological polar surface area (TPSA) is 0 Å². The van der Waals surface area contributed by atoms with E-state index in [9.17, 15) is 0 Å². The number of alkyl halides is 1. The fraction of sp³-hybridized carbons (Fsp3) is 0.571. The van der Waals surface area contributed by atoms with Crippen molar-refractivity contribution < 1.29 is 0 Å². The molecule has 1 aromatic carbocycles. The smallest absolute Gasteiger partial charge is 0.0585 e. The zero-order chi connectivity index (χ0) is 11.1. The van der Waals surface area contributed by atoms with Crippen molar-refractivity contribution in [1.82, 2.24) is 0 Å². The second kappa shape index (κ2) is 6.90. The highest BCUT2D eigenvalue weighted by Crippen LogP contribution is 2.26. The summed E-state index contributed by atoms with van der Waals surface area (Å²) < 4.78 is 0. The maximum atomic E-state index is 6.31. The molecule has 0 spiro atoms. The monoisotopic (exact) mass is 224 g/mol. The average molecular weight is 225 g/mol. The van der Waals surface area contributed by atoms with Gasteiger partial charge in [-0.1, -0.05) is 57.4 Å². The molecule has 0 N–H and O–H groups in total. The Kier molecular flexibility index (Phi) is 5.78. The van der Waals surface area contributed by atoms with Crippen molar-refractivity contribution in [3.63, 3.8) is 0 Å². The zero-order valence-corrected chi connectivity index (χ0v) is 10.6. The number of benzene rings is 1. The summed E-state index contributed by atoms with van der Waals surface area (Å²) in [7, 11) is 0. The lowest BCUT2D eigenvalue weighted by atomic mass is 10.0. The summed E-state index contributed by atoms with van der Waals surface area (Å²) in [5.74, 6) is 0. The lowest BCUT2D eigenvalue weighted by molar-refractivity contribution is 0.700. The predicted molar refractivity (Wildman–Crippen MR) is 68.6 cm³/mol. The molecule has 1 rings (SSSR count). The number of rotatable bonds is 6. The lowest BCUT2D eigenvalue weighted by Crippen LogP contribution is -1.91. The van der Waals surface area contributed by atoms with Crippen molar-refractivity contribution in [3.05, 3.63) is 35.4 Å². The predicted octanol–water partition coefficient (Wildman–Crippen LogP) is 5.11. The molecule has 0 saturated heterocycles. The van der Waals surface area contributed by atoms with Crippen LogP contribution in [-0.4, -0.2) is 0 Å². The minimum Gasteiger partial charge on any atom is -0.118 e. The van der Waals surface area contributed by atoms with Gasteiger partial charge >= 0.3 is 0 Å². The normalized spacial score (nSPS) is 12.7. The first-order chi connectivity index (χ1) is 7.27. The molecule has 1 heteroatoms. The van der Waals surface area contributed by atoms with Crippen molar-refractivity contribution in [3.8, 4) is 0 Å². The van der Waals surface area contributed by atoms with E-state index in [1.165, 1.54) is 36.8 Å². The van der Waals surface area contributed by atoms with Gasteiger partial charge in [-0.05, 0) is 24.0 Å². The highest BCUT2D eigenvalue weighted by molar-refractivity contribution is 6.20. The molecule has 0 radical (unpaired) electrons. The molecule has 0 aliphatic heterocycles. The van der Waals surface area contributed by atoms with E-state index >= 15 is 0 Å². The van der Waals surface area contributed by atoms with Crippen LogP contribution in [0.1, 0.15) is 56.0 Å². The van der Waals surface area contributed by atoms with Gasteiger partial charge in [-0.25, -0.2) is 0 Å². The largest absolute Gasteiger partial charge is 0.118 e. The summed E-state index contributed by atoms with van der Waals surface area (Å²) in [4.78, 5) is 0. The van der Waals surface area contributed by atoms with Crippen molar-refractivity contribution >= 4 is 11.6 Å². The molecule has 0 bridgehead atoms. The lowest BCUT2D eigenvalue weighted by Gasteiger charge is -2.09. The van der Waals surface area contributed by atoms with Gasteiger partial charge in [0.1, 0.15) is 0 Å². The van der Waals surface area contributed by atoms with Crippen LogP contribution in [0.15, 0.2) is 24.3 Å². The van der Waals surface area contributed by atoms with Crippen molar-refractivity contribution in [2.24, 2.45) is 0 Å². The molecule has 0 heterocycles. The second-order valence-electron chi connectivity index (χ2n) is 4.10. The van der Waals surface area contributed by atoms with Crippen LogP contribution in [0.2, 0.25) is 0 Å². The molecule has 0 saturated carbocycles. The van der Waals surface area contributed by atoms with E-state index in [-0.39, 0.29) is 5.38 Å². The minimum absolute atomic E-state index is 0.195. The van der Waals surface area contributed by atoms with Gasteiger partial charge in [-0.2, -0.15) is 0 Å². The van der Waals surface area contributed by atoms with Crippen molar-refractivity contribution in [1.29, 1.82) is 0 Å². The number of halogens is 1. The van der Waals surface area contributed by atoms with E-state index in [4.69, 9.17) is 11.6 Å². The number of hydrogen-bond donors (Lipinski definition) is 0. The van der Waals surface area contributed by atoms with E-state index in [1.807, 2.05) is 0 Å². The molecular formula is C14H21Cl. The van der Waals surface area contributed by atoms with Gasteiger partial charge in [0.2, 0.25) is 0 Å². The molecule has 0 nitrogen and oxygen atoms in total. The molecule has 15 heavy (non-hydrogen) atoms. The highest BCUT2D eigenvalue weighted by atomic mass is 35.5. The molecule has 0 fully saturated rings. The van der Waals surface area contributed by atoms with Crippen LogP contribution in [0.3, 0.4) is 0 Å². The summed E-state index contributed by atoms with van der Waals surface area (Å²) >= 11 is 6.31. The SMILES string of the molecule is CCCCC(Cl)c1ccc(CCC)cc1. The highest BCUT2D eigenvalue weighted by Gasteiger charge is 2.06.